The predicted octanol–water partition coefficient (Wildman–Crippen LogP) is 5.47. The standard InChI is InChI=1S/C24H21F2N5S/c1-31-24(7-8-29-31)15-3-6-23(28-14-15)21(13-27)17-9-16(10-19(11-17)30-32-2)20-5-4-18(25)12-22(20)26/h3-14,30H,27H2,1-2H3. The highest BCUT2D eigenvalue weighted by Gasteiger charge is 2.14. The molecule has 0 fully saturated rings. The quantitative estimate of drug-likeness (QED) is 0.382. The van der Waals surface area contributed by atoms with Crippen molar-refractivity contribution >= 4 is 23.2 Å². The highest BCUT2D eigenvalue weighted by molar-refractivity contribution is 7.99. The molecule has 162 valence electrons. The van der Waals surface area contributed by atoms with Crippen LogP contribution in [0.4, 0.5) is 14.5 Å². The van der Waals surface area contributed by atoms with Gasteiger partial charge in [0.1, 0.15) is 11.6 Å². The van der Waals surface area contributed by atoms with Crippen LogP contribution in [-0.4, -0.2) is 21.0 Å². The second-order valence-corrected chi connectivity index (χ2v) is 7.69. The number of benzene rings is 2. The first kappa shape index (κ1) is 21.6. The molecule has 4 rings (SSSR count). The summed E-state index contributed by atoms with van der Waals surface area (Å²) in [7, 11) is 1.87. The van der Waals surface area contributed by atoms with Gasteiger partial charge in [0.2, 0.25) is 0 Å². The summed E-state index contributed by atoms with van der Waals surface area (Å²) in [6.07, 6.45) is 6.87. The average Bonchev–Trinajstić information content (AvgIpc) is 3.21. The van der Waals surface area contributed by atoms with Crippen molar-refractivity contribution in [1.29, 1.82) is 0 Å². The molecule has 0 aliphatic carbocycles. The summed E-state index contributed by atoms with van der Waals surface area (Å²) in [6, 6.07) is 14.8. The lowest BCUT2D eigenvalue weighted by atomic mass is 9.96. The van der Waals surface area contributed by atoms with Crippen LogP contribution in [0.25, 0.3) is 28.0 Å². The fourth-order valence-electron chi connectivity index (χ4n) is 3.53. The Kier molecular flexibility index (Phi) is 6.23. The van der Waals surface area contributed by atoms with Crippen molar-refractivity contribution in [3.63, 3.8) is 0 Å². The van der Waals surface area contributed by atoms with E-state index in [0.717, 1.165) is 28.6 Å². The van der Waals surface area contributed by atoms with Gasteiger partial charge in [-0.1, -0.05) is 11.9 Å². The molecule has 0 unspecified atom stereocenters. The van der Waals surface area contributed by atoms with E-state index in [4.69, 9.17) is 5.73 Å². The van der Waals surface area contributed by atoms with E-state index in [1.807, 2.05) is 49.7 Å². The maximum Gasteiger partial charge on any atom is 0.133 e. The monoisotopic (exact) mass is 449 g/mol. The molecule has 0 atom stereocenters. The molecule has 0 aliphatic heterocycles. The number of aryl methyl sites for hydroxylation is 1. The van der Waals surface area contributed by atoms with E-state index in [9.17, 15) is 8.78 Å². The molecule has 4 aromatic rings. The highest BCUT2D eigenvalue weighted by atomic mass is 32.2. The van der Waals surface area contributed by atoms with Crippen molar-refractivity contribution in [2.45, 2.75) is 0 Å². The van der Waals surface area contributed by atoms with Crippen LogP contribution in [0.2, 0.25) is 0 Å². The second kappa shape index (κ2) is 9.23. The second-order valence-electron chi connectivity index (χ2n) is 7.08. The molecule has 5 nitrogen and oxygen atoms in total. The maximum atomic E-state index is 14.5. The first-order valence-corrected chi connectivity index (χ1v) is 11.0. The van der Waals surface area contributed by atoms with Gasteiger partial charge >= 0.3 is 0 Å². The normalized spacial score (nSPS) is 11.6. The zero-order chi connectivity index (χ0) is 22.7. The van der Waals surface area contributed by atoms with E-state index in [-0.39, 0.29) is 0 Å². The molecule has 0 spiro atoms. The Bertz CT molecular complexity index is 1280. The lowest BCUT2D eigenvalue weighted by molar-refractivity contribution is 0.585. The predicted molar refractivity (Wildman–Crippen MR) is 127 cm³/mol. The molecule has 0 aliphatic rings. The third-order valence-electron chi connectivity index (χ3n) is 5.03. The average molecular weight is 450 g/mol. The van der Waals surface area contributed by atoms with Crippen LogP contribution in [0.3, 0.4) is 0 Å². The molecule has 2 aromatic carbocycles. The van der Waals surface area contributed by atoms with Crippen LogP contribution < -0.4 is 10.5 Å². The van der Waals surface area contributed by atoms with Crippen molar-refractivity contribution in [1.82, 2.24) is 14.8 Å². The Labute approximate surface area is 189 Å². The van der Waals surface area contributed by atoms with Gasteiger partial charge in [0.15, 0.2) is 0 Å². The smallest absolute Gasteiger partial charge is 0.133 e. The number of rotatable bonds is 6. The Morgan fingerprint density at radius 2 is 1.91 bits per heavy atom. The minimum absolute atomic E-state index is 0.299. The number of halogens is 2. The van der Waals surface area contributed by atoms with E-state index in [0.29, 0.717) is 22.4 Å². The van der Waals surface area contributed by atoms with Crippen LogP contribution >= 0.6 is 11.9 Å². The van der Waals surface area contributed by atoms with E-state index < -0.39 is 11.6 Å². The minimum Gasteiger partial charge on any atom is -0.404 e. The molecule has 32 heavy (non-hydrogen) atoms. The van der Waals surface area contributed by atoms with Gasteiger partial charge in [-0.15, -0.1) is 0 Å². The molecule has 0 radical (unpaired) electrons. The van der Waals surface area contributed by atoms with Gasteiger partial charge in [0.05, 0.1) is 11.4 Å². The van der Waals surface area contributed by atoms with Crippen molar-refractivity contribution in [3.8, 4) is 22.4 Å². The van der Waals surface area contributed by atoms with Gasteiger partial charge in [0.25, 0.3) is 0 Å². The third kappa shape index (κ3) is 4.36. The van der Waals surface area contributed by atoms with Crippen molar-refractivity contribution in [2.24, 2.45) is 12.8 Å². The van der Waals surface area contributed by atoms with Crippen molar-refractivity contribution in [2.75, 3.05) is 11.0 Å². The zero-order valence-electron chi connectivity index (χ0n) is 17.5. The SMILES string of the molecule is CSNc1cc(C(=CN)c2ccc(-c3ccnn3C)cn2)cc(-c2ccc(F)cc2F)c1. The summed E-state index contributed by atoms with van der Waals surface area (Å²) in [5, 5.41) is 4.19. The summed E-state index contributed by atoms with van der Waals surface area (Å²) in [6.45, 7) is 0. The minimum atomic E-state index is -0.630. The largest absolute Gasteiger partial charge is 0.404 e. The number of nitrogens with two attached hydrogens (primary N) is 1. The molecule has 0 saturated carbocycles. The van der Waals surface area contributed by atoms with Gasteiger partial charge in [-0.05, 0) is 59.7 Å². The lowest BCUT2D eigenvalue weighted by Crippen LogP contribution is -1.99. The van der Waals surface area contributed by atoms with Gasteiger partial charge in [-0.2, -0.15) is 5.10 Å². The molecule has 0 saturated heterocycles. The van der Waals surface area contributed by atoms with E-state index in [1.54, 1.807) is 17.1 Å². The Morgan fingerprint density at radius 1 is 1.06 bits per heavy atom. The first-order chi connectivity index (χ1) is 15.5. The number of anilines is 1. The summed E-state index contributed by atoms with van der Waals surface area (Å²) >= 11 is 1.41. The van der Waals surface area contributed by atoms with Gasteiger partial charge in [-0.3, -0.25) is 9.67 Å². The molecular formula is C24H21F2N5S. The number of pyridine rings is 1. The topological polar surface area (TPSA) is 68.8 Å². The highest BCUT2D eigenvalue weighted by Crippen LogP contribution is 2.33. The van der Waals surface area contributed by atoms with Crippen LogP contribution in [0, 0.1) is 11.6 Å². The third-order valence-corrected chi connectivity index (χ3v) is 5.47. The van der Waals surface area contributed by atoms with Gasteiger partial charge in [0, 0.05) is 60.4 Å². The fraction of sp³-hybridized carbons (Fsp3) is 0.0833. The first-order valence-electron chi connectivity index (χ1n) is 9.76. The Hall–Kier alpha value is -3.65. The van der Waals surface area contributed by atoms with Gasteiger partial charge < -0.3 is 10.5 Å². The number of nitrogens with one attached hydrogen (secondary N) is 1. The van der Waals surface area contributed by atoms with Crippen molar-refractivity contribution < 1.29 is 8.78 Å². The van der Waals surface area contributed by atoms with Gasteiger partial charge in [-0.25, -0.2) is 8.78 Å². The molecule has 3 N–H and O–H groups in total. The van der Waals surface area contributed by atoms with E-state index in [2.05, 4.69) is 14.8 Å². The van der Waals surface area contributed by atoms with Crippen molar-refractivity contribution in [3.05, 3.63) is 96.1 Å². The molecule has 2 heterocycles. The number of nitrogens with zero attached hydrogens (tertiary/aromatic N) is 3. The summed E-state index contributed by atoms with van der Waals surface area (Å²) in [4.78, 5) is 4.59. The Morgan fingerprint density at radius 3 is 2.53 bits per heavy atom. The van der Waals surface area contributed by atoms with Crippen LogP contribution in [0.15, 0.2) is 73.2 Å². The molecule has 2 aromatic heterocycles. The van der Waals surface area contributed by atoms with E-state index >= 15 is 0 Å². The summed E-state index contributed by atoms with van der Waals surface area (Å²) in [5.74, 6) is -1.25. The zero-order valence-corrected chi connectivity index (χ0v) is 18.3. The summed E-state index contributed by atoms with van der Waals surface area (Å²) < 4.78 is 32.8. The fourth-order valence-corrected chi connectivity index (χ4v) is 3.88. The van der Waals surface area contributed by atoms with Crippen LogP contribution in [-0.2, 0) is 7.05 Å². The van der Waals surface area contributed by atoms with Crippen LogP contribution in [0.5, 0.6) is 0 Å². The number of hydrogen-bond acceptors (Lipinski definition) is 5. The molecule has 0 amide bonds. The van der Waals surface area contributed by atoms with E-state index in [1.165, 1.54) is 30.3 Å². The molecular weight excluding hydrogens is 428 g/mol. The van der Waals surface area contributed by atoms with Crippen LogP contribution in [0.1, 0.15) is 11.3 Å². The number of hydrogen-bond donors (Lipinski definition) is 2. The Balaban J connectivity index is 1.76. The lowest BCUT2D eigenvalue weighted by Gasteiger charge is -2.14. The molecule has 0 bridgehead atoms. The maximum absolute atomic E-state index is 14.5. The molecule has 8 heteroatoms. The summed E-state index contributed by atoms with van der Waals surface area (Å²) in [5.41, 5.74) is 11.6. The number of aromatic nitrogens is 3.